The minimum Gasteiger partial charge on any atom is -0.457 e. The molecule has 7 rings (SSSR count). The highest BCUT2D eigenvalue weighted by Crippen LogP contribution is 2.31. The Balaban J connectivity index is 1.03. The third kappa shape index (κ3) is 6.28. The highest BCUT2D eigenvalue weighted by molar-refractivity contribution is 6.05. The molecule has 3 aromatic carbocycles. The largest absolute Gasteiger partial charge is 0.457 e. The number of benzene rings is 3. The number of nitrogens with one attached hydrogen (secondary N) is 1. The van der Waals surface area contributed by atoms with Crippen molar-refractivity contribution in [1.29, 1.82) is 0 Å². The van der Waals surface area contributed by atoms with Gasteiger partial charge in [-0.05, 0) is 84.1 Å². The Morgan fingerprint density at radius 2 is 1.72 bits per heavy atom. The number of imide groups is 1. The lowest BCUT2D eigenvalue weighted by Gasteiger charge is -2.29. The first-order chi connectivity index (χ1) is 22.8. The van der Waals surface area contributed by atoms with E-state index in [2.05, 4.69) is 16.3 Å². The molecule has 0 radical (unpaired) electrons. The van der Waals surface area contributed by atoms with Crippen molar-refractivity contribution in [3.05, 3.63) is 119 Å². The molecule has 4 amide bonds. The molecule has 1 unspecified atom stereocenters. The molecule has 1 atom stereocenters. The zero-order valence-electron chi connectivity index (χ0n) is 25.6. The minimum absolute atomic E-state index is 0.169. The van der Waals surface area contributed by atoms with Crippen LogP contribution in [0.5, 0.6) is 11.5 Å². The Kier molecular flexibility index (Phi) is 8.09. The number of ether oxygens (including phenoxy) is 1. The summed E-state index contributed by atoms with van der Waals surface area (Å²) < 4.78 is 5.91. The number of aromatic nitrogens is 1. The van der Waals surface area contributed by atoms with E-state index in [1.807, 2.05) is 78.9 Å². The van der Waals surface area contributed by atoms with E-state index < -0.39 is 17.9 Å². The lowest BCUT2D eigenvalue weighted by atomic mass is 9.99. The quantitative estimate of drug-likeness (QED) is 0.271. The molecule has 0 saturated carbocycles. The van der Waals surface area contributed by atoms with Crippen LogP contribution in [0.25, 0.3) is 16.8 Å². The van der Waals surface area contributed by atoms with Crippen LogP contribution in [0.4, 0.5) is 0 Å². The highest BCUT2D eigenvalue weighted by atomic mass is 16.5. The second kappa shape index (κ2) is 12.6. The molecule has 1 saturated heterocycles. The zero-order valence-corrected chi connectivity index (χ0v) is 25.6. The average molecular weight is 628 g/mol. The topological polar surface area (TPSA) is 135 Å². The summed E-state index contributed by atoms with van der Waals surface area (Å²) in [5.41, 5.74) is 11.9. The first-order valence-electron chi connectivity index (χ1n) is 15.6. The van der Waals surface area contributed by atoms with Gasteiger partial charge in [-0.25, -0.2) is 4.98 Å². The van der Waals surface area contributed by atoms with Gasteiger partial charge in [0, 0.05) is 43.7 Å². The zero-order chi connectivity index (χ0) is 32.5. The second-order valence-corrected chi connectivity index (χ2v) is 12.0. The van der Waals surface area contributed by atoms with Gasteiger partial charge >= 0.3 is 0 Å². The van der Waals surface area contributed by atoms with Crippen molar-refractivity contribution >= 4 is 29.2 Å². The maximum Gasteiger partial charge on any atom is 0.255 e. The normalized spacial score (nSPS) is 18.0. The molecule has 3 aliphatic heterocycles. The standard InChI is InChI=1S/C37H33N5O5/c38-35(44)30-12-13-31(39-34(30)25-7-9-28(10-8-25)47-27-4-2-1-3-5-27)24-16-18-41(19-17-24)21-23-6-11-29-26(20-23)22-42(37(29)46)32-14-15-33(43)40-36(32)45/h1-13,16,20,32H,14-15,17-19,21-22H2,(H2,38,44)(H,40,43,45). The molecule has 1 fully saturated rings. The lowest BCUT2D eigenvalue weighted by molar-refractivity contribution is -0.136. The Hall–Kier alpha value is -5.61. The van der Waals surface area contributed by atoms with Crippen LogP contribution in [-0.4, -0.2) is 57.5 Å². The first kappa shape index (κ1) is 30.1. The van der Waals surface area contributed by atoms with Crippen molar-refractivity contribution in [2.24, 2.45) is 5.73 Å². The van der Waals surface area contributed by atoms with Gasteiger partial charge in [0.05, 0.1) is 17.0 Å². The first-order valence-corrected chi connectivity index (χ1v) is 15.6. The van der Waals surface area contributed by atoms with Gasteiger partial charge in [0.25, 0.3) is 11.8 Å². The molecular weight excluding hydrogens is 594 g/mol. The minimum atomic E-state index is -0.624. The molecule has 10 heteroatoms. The van der Waals surface area contributed by atoms with Crippen molar-refractivity contribution in [2.75, 3.05) is 13.1 Å². The van der Waals surface area contributed by atoms with Crippen molar-refractivity contribution in [3.8, 4) is 22.8 Å². The van der Waals surface area contributed by atoms with Crippen molar-refractivity contribution in [2.45, 2.75) is 38.4 Å². The van der Waals surface area contributed by atoms with E-state index in [9.17, 15) is 19.2 Å². The SMILES string of the molecule is NC(=O)c1ccc(C2=CCN(Cc3ccc4c(c3)CN(C3CCC(=O)NC3=O)C4=O)CC2)nc1-c1ccc(Oc2ccccc2)cc1. The number of fused-ring (bicyclic) bond motifs is 1. The fourth-order valence-electron chi connectivity index (χ4n) is 6.43. The summed E-state index contributed by atoms with van der Waals surface area (Å²) in [6, 6.07) is 25.8. The Bertz CT molecular complexity index is 1920. The van der Waals surface area contributed by atoms with Gasteiger partial charge in [-0.3, -0.25) is 29.4 Å². The molecule has 1 aromatic heterocycles. The smallest absolute Gasteiger partial charge is 0.255 e. The predicted octanol–water partition coefficient (Wildman–Crippen LogP) is 4.69. The Morgan fingerprint density at radius 3 is 2.45 bits per heavy atom. The molecule has 3 aliphatic rings. The molecule has 4 aromatic rings. The molecule has 10 nitrogen and oxygen atoms in total. The number of primary amides is 1. The number of nitrogens with zero attached hydrogens (tertiary/aromatic N) is 3. The van der Waals surface area contributed by atoms with E-state index in [-0.39, 0.29) is 18.2 Å². The number of carbonyl (C=O) groups is 4. The molecule has 0 aliphatic carbocycles. The second-order valence-electron chi connectivity index (χ2n) is 12.0. The van der Waals surface area contributed by atoms with Gasteiger partial charge in [0.1, 0.15) is 17.5 Å². The van der Waals surface area contributed by atoms with Gasteiger partial charge < -0.3 is 15.4 Å². The molecule has 4 heterocycles. The fourth-order valence-corrected chi connectivity index (χ4v) is 6.43. The monoisotopic (exact) mass is 627 g/mol. The lowest BCUT2D eigenvalue weighted by Crippen LogP contribution is -2.52. The van der Waals surface area contributed by atoms with Crippen LogP contribution in [0.1, 0.15) is 56.8 Å². The van der Waals surface area contributed by atoms with E-state index in [0.29, 0.717) is 48.6 Å². The van der Waals surface area contributed by atoms with E-state index in [1.54, 1.807) is 11.0 Å². The number of amides is 4. The summed E-state index contributed by atoms with van der Waals surface area (Å²) in [6.07, 6.45) is 3.52. The summed E-state index contributed by atoms with van der Waals surface area (Å²) in [6.45, 7) is 2.59. The summed E-state index contributed by atoms with van der Waals surface area (Å²) in [7, 11) is 0. The number of carbonyl (C=O) groups excluding carboxylic acids is 4. The third-order valence-corrected chi connectivity index (χ3v) is 8.88. The van der Waals surface area contributed by atoms with Crippen molar-refractivity contribution < 1.29 is 23.9 Å². The van der Waals surface area contributed by atoms with E-state index in [0.717, 1.165) is 46.7 Å². The molecule has 0 spiro atoms. The van der Waals surface area contributed by atoms with Crippen LogP contribution in [0.2, 0.25) is 0 Å². The number of hydrogen-bond donors (Lipinski definition) is 2. The van der Waals surface area contributed by atoms with Crippen LogP contribution in [0, 0.1) is 0 Å². The molecule has 3 N–H and O–H groups in total. The molecule has 0 bridgehead atoms. The van der Waals surface area contributed by atoms with Crippen LogP contribution >= 0.6 is 0 Å². The van der Waals surface area contributed by atoms with Crippen LogP contribution in [0.3, 0.4) is 0 Å². The average Bonchev–Trinajstić information content (AvgIpc) is 3.40. The number of hydrogen-bond acceptors (Lipinski definition) is 7. The van der Waals surface area contributed by atoms with E-state index >= 15 is 0 Å². The maximum absolute atomic E-state index is 13.1. The molecular formula is C37H33N5O5. The summed E-state index contributed by atoms with van der Waals surface area (Å²) >= 11 is 0. The van der Waals surface area contributed by atoms with Gasteiger partial charge in [-0.15, -0.1) is 0 Å². The fraction of sp³-hybridized carbons (Fsp3) is 0.216. The van der Waals surface area contributed by atoms with Crippen LogP contribution < -0.4 is 15.8 Å². The molecule has 236 valence electrons. The van der Waals surface area contributed by atoms with Crippen molar-refractivity contribution in [1.82, 2.24) is 20.1 Å². The number of pyridine rings is 1. The van der Waals surface area contributed by atoms with Gasteiger partial charge in [-0.2, -0.15) is 0 Å². The van der Waals surface area contributed by atoms with Crippen molar-refractivity contribution in [3.63, 3.8) is 0 Å². The number of para-hydroxylation sites is 1. The summed E-state index contributed by atoms with van der Waals surface area (Å²) in [4.78, 5) is 58.1. The van der Waals surface area contributed by atoms with E-state index in [1.165, 1.54) is 0 Å². The van der Waals surface area contributed by atoms with Gasteiger partial charge in [-0.1, -0.05) is 36.4 Å². The number of rotatable bonds is 8. The highest BCUT2D eigenvalue weighted by Gasteiger charge is 2.39. The van der Waals surface area contributed by atoms with E-state index in [4.69, 9.17) is 15.5 Å². The van der Waals surface area contributed by atoms with Gasteiger partial charge in [0.15, 0.2) is 0 Å². The predicted molar refractivity (Wildman–Crippen MR) is 175 cm³/mol. The van der Waals surface area contributed by atoms with Crippen LogP contribution in [0.15, 0.2) is 91.0 Å². The third-order valence-electron chi connectivity index (χ3n) is 8.88. The molecule has 47 heavy (non-hydrogen) atoms. The maximum atomic E-state index is 13.1. The summed E-state index contributed by atoms with van der Waals surface area (Å²) in [5, 5.41) is 2.35. The number of piperidine rings is 1. The summed E-state index contributed by atoms with van der Waals surface area (Å²) in [5.74, 6) is -0.000288. The van der Waals surface area contributed by atoms with Gasteiger partial charge in [0.2, 0.25) is 11.8 Å². The Labute approximate surface area is 271 Å². The Morgan fingerprint density at radius 1 is 0.936 bits per heavy atom. The van der Waals surface area contributed by atoms with Crippen LogP contribution in [-0.2, 0) is 22.7 Å². The number of nitrogens with two attached hydrogens (primary N) is 1.